The van der Waals surface area contributed by atoms with Crippen molar-refractivity contribution in [2.45, 2.75) is 46.0 Å². The molecule has 0 spiro atoms. The summed E-state index contributed by atoms with van der Waals surface area (Å²) in [5, 5.41) is 0. The van der Waals surface area contributed by atoms with Crippen molar-refractivity contribution in [3.8, 4) is 5.75 Å². The molecule has 0 aromatic heterocycles. The molecule has 21 heavy (non-hydrogen) atoms. The van der Waals surface area contributed by atoms with Gasteiger partial charge in [0.15, 0.2) is 5.78 Å². The molecule has 0 aliphatic carbocycles. The fraction of sp³-hybridized carbons (Fsp3) is 0.529. The number of unbranched alkanes of at least 4 members (excludes halogenated alkanes) is 1. The molecular weight excluding hydrogens is 268 g/mol. The predicted octanol–water partition coefficient (Wildman–Crippen LogP) is 3.78. The van der Waals surface area contributed by atoms with E-state index in [0.717, 1.165) is 25.0 Å². The molecule has 0 bridgehead atoms. The molecule has 0 fully saturated rings. The molecule has 0 aliphatic rings. The molecule has 0 N–H and O–H groups in total. The zero-order valence-electron chi connectivity index (χ0n) is 12.9. The lowest BCUT2D eigenvalue weighted by Gasteiger charge is -2.06. The Balaban J connectivity index is 2.36. The smallest absolute Gasteiger partial charge is 0.306 e. The molecule has 0 aliphatic heterocycles. The molecule has 1 aromatic carbocycles. The second-order valence-corrected chi connectivity index (χ2v) is 4.87. The number of carbonyl (C=O) groups is 2. The van der Waals surface area contributed by atoms with Gasteiger partial charge in [0, 0.05) is 12.0 Å². The van der Waals surface area contributed by atoms with E-state index in [9.17, 15) is 9.59 Å². The first kappa shape index (κ1) is 17.2. The van der Waals surface area contributed by atoms with Gasteiger partial charge in [-0.1, -0.05) is 20.3 Å². The van der Waals surface area contributed by atoms with Crippen LogP contribution in [0.2, 0.25) is 0 Å². The van der Waals surface area contributed by atoms with Crippen molar-refractivity contribution in [3.05, 3.63) is 29.8 Å². The summed E-state index contributed by atoms with van der Waals surface area (Å²) in [6, 6.07) is 7.02. The lowest BCUT2D eigenvalue weighted by molar-refractivity contribution is -0.143. The number of esters is 1. The van der Waals surface area contributed by atoms with E-state index in [1.54, 1.807) is 24.3 Å². The zero-order chi connectivity index (χ0) is 15.5. The van der Waals surface area contributed by atoms with Crippen LogP contribution in [0.25, 0.3) is 0 Å². The van der Waals surface area contributed by atoms with Crippen LogP contribution in [0.5, 0.6) is 5.75 Å². The summed E-state index contributed by atoms with van der Waals surface area (Å²) in [5.41, 5.74) is 0.597. The van der Waals surface area contributed by atoms with Crippen molar-refractivity contribution in [1.82, 2.24) is 0 Å². The number of rotatable bonds is 10. The van der Waals surface area contributed by atoms with Gasteiger partial charge in [0.25, 0.3) is 0 Å². The molecular formula is C17H24O4. The van der Waals surface area contributed by atoms with Gasteiger partial charge in [-0.2, -0.15) is 0 Å². The Morgan fingerprint density at radius 2 is 1.67 bits per heavy atom. The van der Waals surface area contributed by atoms with Gasteiger partial charge in [0.1, 0.15) is 5.75 Å². The normalized spacial score (nSPS) is 10.2. The quantitative estimate of drug-likeness (QED) is 0.374. The Morgan fingerprint density at radius 3 is 2.29 bits per heavy atom. The highest BCUT2D eigenvalue weighted by Crippen LogP contribution is 2.14. The summed E-state index contributed by atoms with van der Waals surface area (Å²) in [4.78, 5) is 23.4. The monoisotopic (exact) mass is 292 g/mol. The maximum absolute atomic E-state index is 12.0. The van der Waals surface area contributed by atoms with Gasteiger partial charge in [-0.25, -0.2) is 0 Å². The van der Waals surface area contributed by atoms with Gasteiger partial charge < -0.3 is 9.47 Å². The van der Waals surface area contributed by atoms with E-state index in [1.165, 1.54) is 0 Å². The van der Waals surface area contributed by atoms with Crippen LogP contribution in [-0.4, -0.2) is 25.0 Å². The Labute approximate surface area is 126 Å². The highest BCUT2D eigenvalue weighted by molar-refractivity contribution is 5.97. The van der Waals surface area contributed by atoms with Gasteiger partial charge in [-0.15, -0.1) is 0 Å². The minimum atomic E-state index is -0.306. The number of ether oxygens (including phenoxy) is 2. The van der Waals surface area contributed by atoms with Crippen LogP contribution in [0.15, 0.2) is 24.3 Å². The van der Waals surface area contributed by atoms with Crippen molar-refractivity contribution in [3.63, 3.8) is 0 Å². The SMILES string of the molecule is CCCCOC(=O)CCC(=O)c1ccc(OCCC)cc1. The van der Waals surface area contributed by atoms with E-state index in [1.807, 2.05) is 13.8 Å². The summed E-state index contributed by atoms with van der Waals surface area (Å²) < 4.78 is 10.5. The Kier molecular flexibility index (Phi) is 8.17. The molecule has 0 radical (unpaired) electrons. The summed E-state index contributed by atoms with van der Waals surface area (Å²) in [6.45, 7) is 5.17. The lowest BCUT2D eigenvalue weighted by atomic mass is 10.1. The van der Waals surface area contributed by atoms with E-state index in [-0.39, 0.29) is 24.6 Å². The Bertz CT molecular complexity index is 437. The van der Waals surface area contributed by atoms with Crippen LogP contribution in [0.4, 0.5) is 0 Å². The van der Waals surface area contributed by atoms with Crippen LogP contribution in [0.3, 0.4) is 0 Å². The van der Waals surface area contributed by atoms with Crippen molar-refractivity contribution in [1.29, 1.82) is 0 Å². The first-order valence-electron chi connectivity index (χ1n) is 7.59. The van der Waals surface area contributed by atoms with Crippen molar-refractivity contribution in [2.75, 3.05) is 13.2 Å². The van der Waals surface area contributed by atoms with E-state index in [2.05, 4.69) is 0 Å². The number of ketones is 1. The van der Waals surface area contributed by atoms with Gasteiger partial charge in [0.05, 0.1) is 19.6 Å². The zero-order valence-corrected chi connectivity index (χ0v) is 12.9. The van der Waals surface area contributed by atoms with E-state index in [4.69, 9.17) is 9.47 Å². The molecule has 1 rings (SSSR count). The maximum Gasteiger partial charge on any atom is 0.306 e. The summed E-state index contributed by atoms with van der Waals surface area (Å²) in [7, 11) is 0. The molecule has 116 valence electrons. The van der Waals surface area contributed by atoms with Crippen molar-refractivity contribution in [2.24, 2.45) is 0 Å². The number of Topliss-reactive ketones (excluding diaryl/α,β-unsaturated/α-hetero) is 1. The first-order valence-corrected chi connectivity index (χ1v) is 7.59. The third-order valence-electron chi connectivity index (χ3n) is 2.97. The van der Waals surface area contributed by atoms with Crippen molar-refractivity contribution < 1.29 is 19.1 Å². The van der Waals surface area contributed by atoms with Crippen LogP contribution in [0.1, 0.15) is 56.3 Å². The van der Waals surface area contributed by atoms with E-state index < -0.39 is 0 Å². The standard InChI is InChI=1S/C17H24O4/c1-3-5-13-21-17(19)11-10-16(18)14-6-8-15(9-7-14)20-12-4-2/h6-9H,3-5,10-13H2,1-2H3. The van der Waals surface area contributed by atoms with Gasteiger partial charge in [0.2, 0.25) is 0 Å². The second kappa shape index (κ2) is 9.97. The second-order valence-electron chi connectivity index (χ2n) is 4.87. The number of hydrogen-bond acceptors (Lipinski definition) is 4. The summed E-state index contributed by atoms with van der Waals surface area (Å²) in [6.07, 6.45) is 3.11. The molecule has 0 amide bonds. The van der Waals surface area contributed by atoms with Crippen LogP contribution in [0, 0.1) is 0 Å². The third kappa shape index (κ3) is 6.93. The molecule has 0 heterocycles. The number of carbonyl (C=O) groups excluding carboxylic acids is 2. The summed E-state index contributed by atoms with van der Waals surface area (Å²) in [5.74, 6) is 0.400. The highest BCUT2D eigenvalue weighted by Gasteiger charge is 2.10. The van der Waals surface area contributed by atoms with Crippen molar-refractivity contribution >= 4 is 11.8 Å². The Morgan fingerprint density at radius 1 is 0.952 bits per heavy atom. The molecule has 0 saturated carbocycles. The van der Waals surface area contributed by atoms with Crippen LogP contribution < -0.4 is 4.74 Å². The fourth-order valence-corrected chi connectivity index (χ4v) is 1.72. The summed E-state index contributed by atoms with van der Waals surface area (Å²) >= 11 is 0. The Hall–Kier alpha value is -1.84. The molecule has 0 unspecified atom stereocenters. The molecule has 1 aromatic rings. The minimum Gasteiger partial charge on any atom is -0.494 e. The molecule has 4 nitrogen and oxygen atoms in total. The van der Waals surface area contributed by atoms with E-state index in [0.29, 0.717) is 18.8 Å². The molecule has 0 atom stereocenters. The molecule has 4 heteroatoms. The van der Waals surface area contributed by atoms with Crippen LogP contribution in [-0.2, 0) is 9.53 Å². The molecule has 0 saturated heterocycles. The highest BCUT2D eigenvalue weighted by atomic mass is 16.5. The van der Waals surface area contributed by atoms with Gasteiger partial charge in [-0.05, 0) is 37.1 Å². The first-order chi connectivity index (χ1) is 10.2. The number of hydrogen-bond donors (Lipinski definition) is 0. The van der Waals surface area contributed by atoms with Crippen LogP contribution >= 0.6 is 0 Å². The van der Waals surface area contributed by atoms with E-state index >= 15 is 0 Å². The average Bonchev–Trinajstić information content (AvgIpc) is 2.51. The predicted molar refractivity (Wildman–Crippen MR) is 81.7 cm³/mol. The largest absolute Gasteiger partial charge is 0.494 e. The van der Waals surface area contributed by atoms with Gasteiger partial charge >= 0.3 is 5.97 Å². The minimum absolute atomic E-state index is 0.0514. The third-order valence-corrected chi connectivity index (χ3v) is 2.97. The maximum atomic E-state index is 12.0. The topological polar surface area (TPSA) is 52.6 Å². The number of benzene rings is 1. The lowest BCUT2D eigenvalue weighted by Crippen LogP contribution is -2.09. The fourth-order valence-electron chi connectivity index (χ4n) is 1.72. The average molecular weight is 292 g/mol. The van der Waals surface area contributed by atoms with Gasteiger partial charge in [-0.3, -0.25) is 9.59 Å².